The summed E-state index contributed by atoms with van der Waals surface area (Å²) in [6, 6.07) is 14.8. The summed E-state index contributed by atoms with van der Waals surface area (Å²) in [4.78, 5) is 31.4. The number of methoxy groups -OCH3 is 1. The van der Waals surface area contributed by atoms with Crippen molar-refractivity contribution in [2.75, 3.05) is 19.0 Å². The van der Waals surface area contributed by atoms with Gasteiger partial charge in [0.25, 0.3) is 5.91 Å². The lowest BCUT2D eigenvalue weighted by Crippen LogP contribution is -2.55. The summed E-state index contributed by atoms with van der Waals surface area (Å²) in [6.45, 7) is 0.782. The third-order valence-electron chi connectivity index (χ3n) is 9.67. The molecule has 1 spiro atoms. The van der Waals surface area contributed by atoms with Crippen LogP contribution in [0.5, 0.6) is 0 Å². The van der Waals surface area contributed by atoms with Crippen LogP contribution in [0.25, 0.3) is 0 Å². The van der Waals surface area contributed by atoms with Gasteiger partial charge in [-0.2, -0.15) is 5.06 Å². The molecule has 46 heavy (non-hydrogen) atoms. The minimum atomic E-state index is -4.08. The first kappa shape index (κ1) is 32.5. The van der Waals surface area contributed by atoms with Gasteiger partial charge in [0.15, 0.2) is 27.3 Å². The van der Waals surface area contributed by atoms with E-state index in [2.05, 4.69) is 5.32 Å². The van der Waals surface area contributed by atoms with Crippen LogP contribution in [0.4, 0.5) is 18.9 Å². The predicted molar refractivity (Wildman–Crippen MR) is 163 cm³/mol. The van der Waals surface area contributed by atoms with Crippen molar-refractivity contribution in [3.8, 4) is 0 Å². The van der Waals surface area contributed by atoms with Gasteiger partial charge in [-0.15, -0.1) is 0 Å². The number of halogens is 4. The van der Waals surface area contributed by atoms with Crippen LogP contribution in [0.15, 0.2) is 65.6 Å². The number of carbonyl (C=O) groups is 2. The molecule has 3 aromatic rings. The van der Waals surface area contributed by atoms with Gasteiger partial charge in [0.05, 0.1) is 40.8 Å². The fraction of sp³-hybridized carbons (Fsp3) is 0.394. The SMILES string of the molecule is COC(=O)CC1CON(Cc2ccccc2)C12CC1CCC(C2)C1S(=O)(=O)c1cc(C(=O)Nc2cc(F)c(F)c(F)c2)ccc1Cl. The number of hydroxylamine groups is 2. The maximum Gasteiger partial charge on any atom is 0.305 e. The van der Waals surface area contributed by atoms with E-state index in [-0.39, 0.29) is 51.3 Å². The number of sulfone groups is 1. The summed E-state index contributed by atoms with van der Waals surface area (Å²) in [6.07, 6.45) is 2.39. The number of hydrogen-bond donors (Lipinski definition) is 1. The molecule has 6 rings (SSSR count). The molecule has 3 atom stereocenters. The smallest absolute Gasteiger partial charge is 0.305 e. The number of nitrogens with one attached hydrogen (secondary N) is 1. The van der Waals surface area contributed by atoms with E-state index >= 15 is 0 Å². The Labute approximate surface area is 269 Å². The fourth-order valence-electron chi connectivity index (χ4n) is 7.61. The summed E-state index contributed by atoms with van der Waals surface area (Å²) in [5, 5.41) is 3.36. The summed E-state index contributed by atoms with van der Waals surface area (Å²) in [5.41, 5.74) is -0.0101. The quantitative estimate of drug-likeness (QED) is 0.220. The van der Waals surface area contributed by atoms with Gasteiger partial charge in [-0.1, -0.05) is 41.9 Å². The van der Waals surface area contributed by atoms with Crippen molar-refractivity contribution in [2.24, 2.45) is 17.8 Å². The van der Waals surface area contributed by atoms with Crippen LogP contribution in [0.1, 0.15) is 48.0 Å². The van der Waals surface area contributed by atoms with Crippen LogP contribution in [0.2, 0.25) is 5.02 Å². The van der Waals surface area contributed by atoms with Crippen molar-refractivity contribution >= 4 is 39.0 Å². The number of amides is 1. The van der Waals surface area contributed by atoms with E-state index < -0.39 is 44.0 Å². The lowest BCUT2D eigenvalue weighted by molar-refractivity contribution is -0.186. The number of hydrogen-bond acceptors (Lipinski definition) is 7. The van der Waals surface area contributed by atoms with Crippen molar-refractivity contribution < 1.29 is 40.8 Å². The third-order valence-corrected chi connectivity index (χ3v) is 12.5. The Balaban J connectivity index is 1.28. The Hall–Kier alpha value is -3.45. The Kier molecular flexibility index (Phi) is 8.92. The monoisotopic (exact) mass is 676 g/mol. The van der Waals surface area contributed by atoms with Crippen molar-refractivity contribution in [2.45, 2.75) is 54.3 Å². The van der Waals surface area contributed by atoms with Crippen LogP contribution in [-0.2, 0) is 30.8 Å². The molecule has 1 aliphatic heterocycles. The number of anilines is 1. The van der Waals surface area contributed by atoms with E-state index in [1.54, 1.807) is 0 Å². The van der Waals surface area contributed by atoms with Gasteiger partial charge in [0.2, 0.25) is 0 Å². The molecule has 3 aromatic carbocycles. The molecule has 0 aromatic heterocycles. The minimum Gasteiger partial charge on any atom is -0.469 e. The molecule has 8 nitrogen and oxygen atoms in total. The van der Waals surface area contributed by atoms with Crippen LogP contribution in [0, 0.1) is 35.2 Å². The lowest BCUT2D eigenvalue weighted by atomic mass is 9.67. The molecule has 3 unspecified atom stereocenters. The van der Waals surface area contributed by atoms with E-state index in [1.807, 2.05) is 35.4 Å². The summed E-state index contributed by atoms with van der Waals surface area (Å²) in [5.74, 6) is -6.60. The van der Waals surface area contributed by atoms with Crippen molar-refractivity contribution in [3.05, 3.63) is 94.3 Å². The maximum atomic E-state index is 14.3. The highest BCUT2D eigenvalue weighted by molar-refractivity contribution is 7.92. The molecule has 244 valence electrons. The highest BCUT2D eigenvalue weighted by atomic mass is 35.5. The van der Waals surface area contributed by atoms with E-state index in [0.29, 0.717) is 51.0 Å². The Morgan fingerprint density at radius 1 is 1.02 bits per heavy atom. The predicted octanol–water partition coefficient (Wildman–Crippen LogP) is 6.34. The molecular formula is C33H32ClF3N2O6S. The van der Waals surface area contributed by atoms with Gasteiger partial charge < -0.3 is 10.1 Å². The molecule has 2 bridgehead atoms. The van der Waals surface area contributed by atoms with Gasteiger partial charge in [0.1, 0.15) is 0 Å². The zero-order chi connectivity index (χ0) is 32.8. The molecular weight excluding hydrogens is 645 g/mol. The van der Waals surface area contributed by atoms with E-state index in [1.165, 1.54) is 19.2 Å². The second-order valence-corrected chi connectivity index (χ2v) is 14.7. The van der Waals surface area contributed by atoms with Crippen LogP contribution < -0.4 is 5.32 Å². The number of esters is 1. The molecule has 1 saturated heterocycles. The molecule has 2 saturated carbocycles. The second kappa shape index (κ2) is 12.6. The van der Waals surface area contributed by atoms with Crippen molar-refractivity contribution in [1.29, 1.82) is 0 Å². The molecule has 13 heteroatoms. The van der Waals surface area contributed by atoms with Gasteiger partial charge in [0, 0.05) is 35.8 Å². The van der Waals surface area contributed by atoms with E-state index in [4.69, 9.17) is 21.2 Å². The Morgan fingerprint density at radius 3 is 2.30 bits per heavy atom. The number of benzene rings is 3. The first-order chi connectivity index (χ1) is 21.9. The highest BCUT2D eigenvalue weighted by Gasteiger charge is 2.61. The highest BCUT2D eigenvalue weighted by Crippen LogP contribution is 2.57. The van der Waals surface area contributed by atoms with Gasteiger partial charge >= 0.3 is 5.97 Å². The van der Waals surface area contributed by atoms with Crippen LogP contribution in [-0.4, -0.2) is 49.9 Å². The van der Waals surface area contributed by atoms with E-state index in [0.717, 1.165) is 11.6 Å². The Morgan fingerprint density at radius 2 is 1.67 bits per heavy atom. The zero-order valence-corrected chi connectivity index (χ0v) is 26.4. The first-order valence-electron chi connectivity index (χ1n) is 14.9. The molecule has 3 fully saturated rings. The number of nitrogens with zero attached hydrogens (tertiary/aromatic N) is 1. The topological polar surface area (TPSA) is 102 Å². The van der Waals surface area contributed by atoms with Gasteiger partial charge in [-0.05, 0) is 61.3 Å². The average molecular weight is 677 g/mol. The third kappa shape index (κ3) is 5.92. The normalized spacial score (nSPS) is 25.9. The molecule has 2 aliphatic carbocycles. The van der Waals surface area contributed by atoms with Crippen LogP contribution in [0.3, 0.4) is 0 Å². The first-order valence-corrected chi connectivity index (χ1v) is 16.9. The van der Waals surface area contributed by atoms with Gasteiger partial charge in [-0.3, -0.25) is 14.4 Å². The number of fused-ring (bicyclic) bond motifs is 2. The number of rotatable bonds is 8. The molecule has 1 N–H and O–H groups in total. The summed E-state index contributed by atoms with van der Waals surface area (Å²) in [7, 11) is -2.74. The summed E-state index contributed by atoms with van der Waals surface area (Å²) < 4.78 is 74.4. The van der Waals surface area contributed by atoms with Crippen molar-refractivity contribution in [3.63, 3.8) is 0 Å². The largest absolute Gasteiger partial charge is 0.469 e. The average Bonchev–Trinajstić information content (AvgIpc) is 3.49. The number of ether oxygens (including phenoxy) is 1. The molecule has 3 aliphatic rings. The zero-order valence-electron chi connectivity index (χ0n) is 24.8. The fourth-order valence-corrected chi connectivity index (χ4v) is 10.4. The number of carbonyl (C=O) groups excluding carboxylic acids is 2. The molecule has 1 heterocycles. The van der Waals surface area contributed by atoms with E-state index in [9.17, 15) is 31.2 Å². The summed E-state index contributed by atoms with van der Waals surface area (Å²) >= 11 is 6.44. The molecule has 1 amide bonds. The minimum absolute atomic E-state index is 0.0615. The maximum absolute atomic E-state index is 14.3. The van der Waals surface area contributed by atoms with Crippen LogP contribution >= 0.6 is 11.6 Å². The Bertz CT molecular complexity index is 1740. The lowest BCUT2D eigenvalue weighted by Gasteiger charge is -2.48. The second-order valence-electron chi connectivity index (χ2n) is 12.3. The standard InChI is InChI=1S/C33H32ClF3N2O6S/c1-44-29(40)12-23-18-45-39(17-19-5-3-2-4-6-19)33(23)15-21-7-8-22(16-33)31(21)46(42,43)28-11-20(9-10-25(28)34)32(41)38-24-13-26(35)30(37)27(36)14-24/h2-6,9-11,13-14,21-23,31H,7-8,12,15-18H2,1H3,(H,38,41). The van der Waals surface area contributed by atoms with Crippen molar-refractivity contribution in [1.82, 2.24) is 5.06 Å². The molecule has 0 radical (unpaired) electrons. The van der Waals surface area contributed by atoms with Gasteiger partial charge in [-0.25, -0.2) is 21.6 Å².